The summed E-state index contributed by atoms with van der Waals surface area (Å²) in [5.41, 5.74) is 5.66. The Hall–Kier alpha value is -4.71. The molecular weight excluding hydrogens is 648 g/mol. The third-order valence-corrected chi connectivity index (χ3v) is 7.62. The number of ether oxygens (including phenoxy) is 6. The van der Waals surface area contributed by atoms with Crippen LogP contribution in [0.5, 0.6) is 28.7 Å². The molecule has 1 aliphatic heterocycles. The highest BCUT2D eigenvalue weighted by molar-refractivity contribution is 5.95. The zero-order chi connectivity index (χ0) is 36.4. The van der Waals surface area contributed by atoms with Crippen molar-refractivity contribution >= 4 is 23.6 Å². The first-order chi connectivity index (χ1) is 23.2. The van der Waals surface area contributed by atoms with Crippen LogP contribution in [0.2, 0.25) is 0 Å². The van der Waals surface area contributed by atoms with Gasteiger partial charge in [-0.05, 0) is 37.8 Å². The van der Waals surface area contributed by atoms with Gasteiger partial charge >= 0.3 is 11.9 Å². The quantitative estimate of drug-likeness (QED) is 0.0533. The number of aliphatic hydroxyl groups is 3. The second-order valence-corrected chi connectivity index (χ2v) is 11.7. The molecule has 0 spiro atoms. The van der Waals surface area contributed by atoms with Crippen LogP contribution in [0.1, 0.15) is 54.3 Å². The third-order valence-electron chi connectivity index (χ3n) is 7.62. The summed E-state index contributed by atoms with van der Waals surface area (Å²) in [5, 5.41) is 58.2. The largest absolute Gasteiger partial charge is 0.502 e. The Balaban J connectivity index is 1.89. The maximum absolute atomic E-state index is 12.9. The molecule has 49 heavy (non-hydrogen) atoms. The van der Waals surface area contributed by atoms with Gasteiger partial charge in [0.2, 0.25) is 12.0 Å². The number of carboxylic acid groups (broad SMARTS) is 1. The summed E-state index contributed by atoms with van der Waals surface area (Å²) in [6.45, 7) is 5.20. The monoisotopic (exact) mass is 694 g/mol. The number of aliphatic imine (C=N–C) groups is 1. The Morgan fingerprint density at radius 1 is 0.959 bits per heavy atom. The van der Waals surface area contributed by atoms with Crippen molar-refractivity contribution in [2.45, 2.75) is 70.4 Å². The number of carbonyl (C=O) groups excluding carboxylic acids is 1. The van der Waals surface area contributed by atoms with Crippen molar-refractivity contribution in [3.8, 4) is 28.7 Å². The second-order valence-electron chi connectivity index (χ2n) is 11.7. The number of phenolic OH excluding ortho intramolecular Hbond substituents is 1. The van der Waals surface area contributed by atoms with Crippen LogP contribution in [0.25, 0.3) is 0 Å². The summed E-state index contributed by atoms with van der Waals surface area (Å²) >= 11 is 0. The number of phenols is 1. The van der Waals surface area contributed by atoms with Gasteiger partial charge in [0.25, 0.3) is 0 Å². The van der Waals surface area contributed by atoms with Gasteiger partial charge < -0.3 is 70.3 Å². The fraction of sp³-hybridized carbons (Fsp3) is 0.531. The van der Waals surface area contributed by atoms with E-state index in [1.807, 2.05) is 6.92 Å². The fourth-order valence-corrected chi connectivity index (χ4v) is 4.78. The van der Waals surface area contributed by atoms with Gasteiger partial charge in [0.05, 0.1) is 31.0 Å². The molecule has 0 radical (unpaired) electrons. The molecule has 0 aromatic heterocycles. The number of guanidine groups is 1. The van der Waals surface area contributed by atoms with E-state index in [0.717, 1.165) is 12.8 Å². The molecule has 6 atom stereocenters. The molecule has 0 aliphatic carbocycles. The summed E-state index contributed by atoms with van der Waals surface area (Å²) in [7, 11) is 4.02. The first kappa shape index (κ1) is 38.7. The lowest BCUT2D eigenvalue weighted by molar-refractivity contribution is -0.277. The number of carboxylic acids is 1. The molecule has 1 saturated heterocycles. The van der Waals surface area contributed by atoms with Crippen molar-refractivity contribution < 1.29 is 63.5 Å². The smallest absolute Gasteiger partial charge is 0.338 e. The number of rotatable bonds is 16. The number of nitrogens with zero attached hydrogens (tertiary/aromatic N) is 1. The van der Waals surface area contributed by atoms with Crippen LogP contribution in [-0.4, -0.2) is 115 Å². The lowest BCUT2D eigenvalue weighted by atomic mass is 9.99. The van der Waals surface area contributed by atoms with Crippen LogP contribution in [-0.2, 0) is 9.47 Å². The predicted molar refractivity (Wildman–Crippen MR) is 176 cm³/mol. The van der Waals surface area contributed by atoms with Gasteiger partial charge in [-0.15, -0.1) is 0 Å². The van der Waals surface area contributed by atoms with Crippen molar-refractivity contribution in [1.82, 2.24) is 5.32 Å². The number of methoxy groups -OCH3 is 2. The molecule has 17 nitrogen and oxygen atoms in total. The SMILES string of the molecule is CN=C(N)NCOc1cc(C(=O)O)c(N[C@H](C)CCC(C)C)cc1O[C@@H]1O[C@H](COC(=O)c2cc(OC)c(O)c(OC)c2)[C@@H](O)[C@H](O)[C@H]1O. The van der Waals surface area contributed by atoms with E-state index in [1.54, 1.807) is 0 Å². The summed E-state index contributed by atoms with van der Waals surface area (Å²) < 4.78 is 32.9. The number of aliphatic hydroxyl groups excluding tert-OH is 3. The minimum Gasteiger partial charge on any atom is -0.502 e. The normalized spacial score (nSPS) is 21.4. The lowest BCUT2D eigenvalue weighted by Gasteiger charge is -2.40. The maximum atomic E-state index is 12.9. The van der Waals surface area contributed by atoms with Gasteiger partial charge in [-0.2, -0.15) is 0 Å². The Morgan fingerprint density at radius 2 is 1.61 bits per heavy atom. The number of hydrogen-bond acceptors (Lipinski definition) is 14. The highest BCUT2D eigenvalue weighted by Crippen LogP contribution is 2.38. The Bertz CT molecular complexity index is 1450. The van der Waals surface area contributed by atoms with E-state index < -0.39 is 49.3 Å². The topological polar surface area (TPSA) is 253 Å². The third kappa shape index (κ3) is 10.1. The predicted octanol–water partition coefficient (Wildman–Crippen LogP) is 1.26. The van der Waals surface area contributed by atoms with Crippen molar-refractivity contribution in [2.24, 2.45) is 16.6 Å². The first-order valence-corrected chi connectivity index (χ1v) is 15.5. The molecule has 3 rings (SSSR count). The summed E-state index contributed by atoms with van der Waals surface area (Å²) in [6.07, 6.45) is -6.76. The van der Waals surface area contributed by atoms with Gasteiger partial charge in [0.1, 0.15) is 31.0 Å². The molecule has 17 heteroatoms. The number of nitrogens with two attached hydrogens (primary N) is 1. The maximum Gasteiger partial charge on any atom is 0.338 e. The molecule has 2 aromatic rings. The highest BCUT2D eigenvalue weighted by Gasteiger charge is 2.46. The van der Waals surface area contributed by atoms with Crippen molar-refractivity contribution in [3.63, 3.8) is 0 Å². The first-order valence-electron chi connectivity index (χ1n) is 15.5. The molecule has 9 N–H and O–H groups in total. The number of hydrogen-bond donors (Lipinski definition) is 8. The minimum atomic E-state index is -1.81. The van der Waals surface area contributed by atoms with Gasteiger partial charge in [-0.1, -0.05) is 13.8 Å². The van der Waals surface area contributed by atoms with Crippen LogP contribution in [0.4, 0.5) is 5.69 Å². The molecule has 1 fully saturated rings. The van der Waals surface area contributed by atoms with Crippen LogP contribution in [0.3, 0.4) is 0 Å². The van der Waals surface area contributed by atoms with E-state index in [1.165, 1.54) is 45.5 Å². The van der Waals surface area contributed by atoms with Crippen molar-refractivity contribution in [3.05, 3.63) is 35.4 Å². The van der Waals surface area contributed by atoms with Crippen LogP contribution in [0, 0.1) is 5.92 Å². The zero-order valence-electron chi connectivity index (χ0n) is 28.2. The van der Waals surface area contributed by atoms with Gasteiger partial charge in [0.15, 0.2) is 35.7 Å². The average Bonchev–Trinajstić information content (AvgIpc) is 3.07. The van der Waals surface area contributed by atoms with Crippen LogP contribution < -0.4 is 35.3 Å². The van der Waals surface area contributed by atoms with Crippen molar-refractivity contribution in [2.75, 3.05) is 39.9 Å². The fourth-order valence-electron chi connectivity index (χ4n) is 4.78. The van der Waals surface area contributed by atoms with E-state index in [0.29, 0.717) is 5.92 Å². The number of anilines is 1. The number of nitrogens with one attached hydrogen (secondary N) is 2. The Kier molecular flexibility index (Phi) is 13.9. The molecule has 0 unspecified atom stereocenters. The molecule has 0 bridgehead atoms. The van der Waals surface area contributed by atoms with Crippen LogP contribution in [0.15, 0.2) is 29.3 Å². The number of carbonyl (C=O) groups is 2. The second kappa shape index (κ2) is 17.6. The summed E-state index contributed by atoms with van der Waals surface area (Å²) in [4.78, 5) is 28.9. The van der Waals surface area contributed by atoms with Gasteiger partial charge in [0, 0.05) is 25.2 Å². The molecule has 1 heterocycles. The molecular formula is C32H46N4O13. The van der Waals surface area contributed by atoms with Crippen LogP contribution >= 0.6 is 0 Å². The summed E-state index contributed by atoms with van der Waals surface area (Å²) in [6, 6.07) is 4.87. The zero-order valence-corrected chi connectivity index (χ0v) is 28.2. The highest BCUT2D eigenvalue weighted by atomic mass is 16.7. The Labute approximate surface area is 283 Å². The molecule has 2 aromatic carbocycles. The average molecular weight is 695 g/mol. The summed E-state index contributed by atoms with van der Waals surface area (Å²) in [5.74, 6) is -2.31. The lowest BCUT2D eigenvalue weighted by Crippen LogP contribution is -2.60. The van der Waals surface area contributed by atoms with Gasteiger partial charge in [-0.25, -0.2) is 9.59 Å². The Morgan fingerprint density at radius 3 is 2.18 bits per heavy atom. The molecule has 272 valence electrons. The number of aromatic carboxylic acids is 1. The van der Waals surface area contributed by atoms with E-state index in [4.69, 9.17) is 34.2 Å². The number of esters is 1. The van der Waals surface area contributed by atoms with Crippen molar-refractivity contribution in [1.29, 1.82) is 0 Å². The van der Waals surface area contributed by atoms with E-state index in [2.05, 4.69) is 29.5 Å². The van der Waals surface area contributed by atoms with E-state index in [9.17, 15) is 35.1 Å². The number of aromatic hydroxyl groups is 1. The van der Waals surface area contributed by atoms with Gasteiger partial charge in [-0.3, -0.25) is 4.99 Å². The standard InChI is InChI=1S/C32H46N4O13/c1-15(2)7-8-16(3)36-19-12-21(20(11-18(19)29(41)42)47-14-35-32(33)34-4)48-31-28(40)27(39)26(38)24(49-31)13-46-30(43)17-9-22(44-5)25(37)23(10-17)45-6/h9-12,15-16,24,26-28,31,36-40H,7-8,13-14H2,1-6H3,(H,41,42)(H3,33,34,35)/t16-,24-,26-,27+,28-,31-/m1/s1. The minimum absolute atomic E-state index is 0.0444. The molecule has 0 saturated carbocycles. The molecule has 0 amide bonds. The number of benzene rings is 2. The molecule has 1 aliphatic rings. The van der Waals surface area contributed by atoms with E-state index in [-0.39, 0.29) is 64.3 Å². The van der Waals surface area contributed by atoms with E-state index >= 15 is 0 Å².